The standard InChI is InChI=1S/C13H19N3O5/c1-2-13(11(19)20)3-5-15(6-4-13)10(18)8-16-9(17)7-14-12(16)21/h2-8H2,1H3,(H,14,21)(H,19,20). The summed E-state index contributed by atoms with van der Waals surface area (Å²) >= 11 is 0. The highest BCUT2D eigenvalue weighted by Gasteiger charge is 2.41. The molecule has 0 aliphatic carbocycles. The predicted octanol–water partition coefficient (Wildman–Crippen LogP) is -0.358. The van der Waals surface area contributed by atoms with Crippen molar-refractivity contribution in [1.29, 1.82) is 0 Å². The monoisotopic (exact) mass is 297 g/mol. The molecule has 4 amide bonds. The van der Waals surface area contributed by atoms with Gasteiger partial charge in [0.15, 0.2) is 0 Å². The number of likely N-dealkylation sites (tertiary alicyclic amines) is 1. The Bertz CT molecular complexity index is 466. The number of imide groups is 1. The van der Waals surface area contributed by atoms with Gasteiger partial charge in [0.1, 0.15) is 6.54 Å². The van der Waals surface area contributed by atoms with Gasteiger partial charge in [0.05, 0.1) is 12.0 Å². The van der Waals surface area contributed by atoms with E-state index in [4.69, 9.17) is 0 Å². The van der Waals surface area contributed by atoms with Crippen LogP contribution < -0.4 is 5.32 Å². The molecule has 2 saturated heterocycles. The zero-order chi connectivity index (χ0) is 15.6. The van der Waals surface area contributed by atoms with Crippen LogP contribution in [0.4, 0.5) is 4.79 Å². The number of nitrogens with zero attached hydrogens (tertiary/aromatic N) is 2. The molecule has 0 aromatic rings. The number of urea groups is 1. The summed E-state index contributed by atoms with van der Waals surface area (Å²) in [7, 11) is 0. The topological polar surface area (TPSA) is 107 Å². The summed E-state index contributed by atoms with van der Waals surface area (Å²) in [6, 6.07) is -0.557. The molecule has 2 aliphatic heterocycles. The Balaban J connectivity index is 1.93. The smallest absolute Gasteiger partial charge is 0.325 e. The van der Waals surface area contributed by atoms with Gasteiger partial charge in [-0.3, -0.25) is 19.3 Å². The zero-order valence-corrected chi connectivity index (χ0v) is 11.9. The van der Waals surface area contributed by atoms with Crippen molar-refractivity contribution in [2.24, 2.45) is 5.41 Å². The fraction of sp³-hybridized carbons (Fsp3) is 0.692. The van der Waals surface area contributed by atoms with Crippen LogP contribution in [0.2, 0.25) is 0 Å². The maximum absolute atomic E-state index is 12.1. The van der Waals surface area contributed by atoms with Gasteiger partial charge in [-0.05, 0) is 19.3 Å². The van der Waals surface area contributed by atoms with Crippen molar-refractivity contribution in [2.45, 2.75) is 26.2 Å². The highest BCUT2D eigenvalue weighted by Crippen LogP contribution is 2.35. The summed E-state index contributed by atoms with van der Waals surface area (Å²) < 4.78 is 0. The minimum Gasteiger partial charge on any atom is -0.481 e. The van der Waals surface area contributed by atoms with E-state index in [-0.39, 0.29) is 19.0 Å². The Morgan fingerprint density at radius 1 is 1.29 bits per heavy atom. The average Bonchev–Trinajstić information content (AvgIpc) is 2.79. The third-order valence-corrected chi connectivity index (χ3v) is 4.43. The molecular weight excluding hydrogens is 278 g/mol. The number of aliphatic carboxylic acids is 1. The van der Waals surface area contributed by atoms with E-state index >= 15 is 0 Å². The molecule has 116 valence electrons. The minimum atomic E-state index is -0.828. The minimum absolute atomic E-state index is 0.0793. The summed E-state index contributed by atoms with van der Waals surface area (Å²) in [5, 5.41) is 11.7. The van der Waals surface area contributed by atoms with E-state index in [9.17, 15) is 24.3 Å². The predicted molar refractivity (Wildman–Crippen MR) is 71.3 cm³/mol. The quantitative estimate of drug-likeness (QED) is 0.689. The normalized spacial score (nSPS) is 21.4. The molecule has 2 fully saturated rings. The van der Waals surface area contributed by atoms with E-state index in [1.54, 1.807) is 0 Å². The van der Waals surface area contributed by atoms with Crippen molar-refractivity contribution in [3.63, 3.8) is 0 Å². The maximum Gasteiger partial charge on any atom is 0.325 e. The Morgan fingerprint density at radius 2 is 1.90 bits per heavy atom. The first-order valence-electron chi connectivity index (χ1n) is 6.99. The van der Waals surface area contributed by atoms with Gasteiger partial charge in [0.2, 0.25) is 5.91 Å². The SMILES string of the molecule is CCC1(C(=O)O)CCN(C(=O)CN2C(=O)CNC2=O)CC1. The van der Waals surface area contributed by atoms with Crippen LogP contribution in [0.3, 0.4) is 0 Å². The number of carboxylic acids is 1. The van der Waals surface area contributed by atoms with Crippen molar-refractivity contribution in [1.82, 2.24) is 15.1 Å². The summed E-state index contributed by atoms with van der Waals surface area (Å²) in [6.45, 7) is 2.14. The van der Waals surface area contributed by atoms with Crippen molar-refractivity contribution < 1.29 is 24.3 Å². The number of nitrogens with one attached hydrogen (secondary N) is 1. The fourth-order valence-corrected chi connectivity index (χ4v) is 2.75. The molecule has 0 atom stereocenters. The molecule has 0 unspecified atom stereocenters. The number of carboxylic acid groups (broad SMARTS) is 1. The Labute approximate surface area is 122 Å². The van der Waals surface area contributed by atoms with E-state index in [1.165, 1.54) is 4.90 Å². The van der Waals surface area contributed by atoms with Crippen LogP contribution in [0.25, 0.3) is 0 Å². The lowest BCUT2D eigenvalue weighted by molar-refractivity contribution is -0.154. The number of hydrogen-bond donors (Lipinski definition) is 2. The second-order valence-corrected chi connectivity index (χ2v) is 5.46. The molecule has 2 heterocycles. The first-order chi connectivity index (χ1) is 9.89. The maximum atomic E-state index is 12.1. The van der Waals surface area contributed by atoms with Gasteiger partial charge in [-0.15, -0.1) is 0 Å². The van der Waals surface area contributed by atoms with Crippen LogP contribution in [0.15, 0.2) is 0 Å². The molecule has 0 saturated carbocycles. The third-order valence-electron chi connectivity index (χ3n) is 4.43. The van der Waals surface area contributed by atoms with Crippen molar-refractivity contribution in [3.05, 3.63) is 0 Å². The highest BCUT2D eigenvalue weighted by molar-refractivity contribution is 6.04. The number of carbonyl (C=O) groups is 4. The number of rotatable bonds is 4. The molecule has 0 spiro atoms. The second-order valence-electron chi connectivity index (χ2n) is 5.46. The molecule has 21 heavy (non-hydrogen) atoms. The summed E-state index contributed by atoms with van der Waals surface area (Å²) in [4.78, 5) is 48.7. The first-order valence-corrected chi connectivity index (χ1v) is 6.99. The van der Waals surface area contributed by atoms with Gasteiger partial charge in [0, 0.05) is 13.1 Å². The summed E-state index contributed by atoms with van der Waals surface area (Å²) in [6.07, 6.45) is 1.31. The van der Waals surface area contributed by atoms with Gasteiger partial charge >= 0.3 is 12.0 Å². The average molecular weight is 297 g/mol. The summed E-state index contributed by atoms with van der Waals surface area (Å²) in [5.41, 5.74) is -0.766. The second kappa shape index (κ2) is 5.71. The van der Waals surface area contributed by atoms with E-state index in [2.05, 4.69) is 5.32 Å². The molecule has 8 heteroatoms. The number of piperidine rings is 1. The van der Waals surface area contributed by atoms with Crippen molar-refractivity contribution >= 4 is 23.8 Å². The van der Waals surface area contributed by atoms with Crippen LogP contribution in [-0.2, 0) is 14.4 Å². The van der Waals surface area contributed by atoms with E-state index < -0.39 is 23.3 Å². The number of hydrogen-bond acceptors (Lipinski definition) is 4. The molecule has 0 aromatic carbocycles. The van der Waals surface area contributed by atoms with Crippen LogP contribution in [0.1, 0.15) is 26.2 Å². The molecule has 0 radical (unpaired) electrons. The number of amides is 4. The zero-order valence-electron chi connectivity index (χ0n) is 11.9. The fourth-order valence-electron chi connectivity index (χ4n) is 2.75. The van der Waals surface area contributed by atoms with Crippen molar-refractivity contribution in [2.75, 3.05) is 26.2 Å². The largest absolute Gasteiger partial charge is 0.481 e. The van der Waals surface area contributed by atoms with Gasteiger partial charge < -0.3 is 15.3 Å². The van der Waals surface area contributed by atoms with E-state index in [1.807, 2.05) is 6.92 Å². The molecule has 0 aromatic heterocycles. The molecule has 8 nitrogen and oxygen atoms in total. The summed E-state index contributed by atoms with van der Waals surface area (Å²) in [5.74, 6) is -1.57. The van der Waals surface area contributed by atoms with Crippen LogP contribution >= 0.6 is 0 Å². The van der Waals surface area contributed by atoms with Crippen LogP contribution in [0, 0.1) is 5.41 Å². The Morgan fingerprint density at radius 3 is 2.33 bits per heavy atom. The third kappa shape index (κ3) is 2.84. The van der Waals surface area contributed by atoms with Crippen LogP contribution in [-0.4, -0.2) is 64.9 Å². The molecule has 0 bridgehead atoms. The molecule has 2 aliphatic rings. The molecule has 2 rings (SSSR count). The van der Waals surface area contributed by atoms with Crippen molar-refractivity contribution in [3.8, 4) is 0 Å². The lowest BCUT2D eigenvalue weighted by Crippen LogP contribution is -2.49. The van der Waals surface area contributed by atoms with Gasteiger partial charge in [0.25, 0.3) is 5.91 Å². The van der Waals surface area contributed by atoms with Gasteiger partial charge in [-0.25, -0.2) is 4.79 Å². The molecular formula is C13H19N3O5. The van der Waals surface area contributed by atoms with Gasteiger partial charge in [-0.2, -0.15) is 0 Å². The van der Waals surface area contributed by atoms with Crippen LogP contribution in [0.5, 0.6) is 0 Å². The lowest BCUT2D eigenvalue weighted by atomic mass is 9.76. The Hall–Kier alpha value is -2.12. The molecule has 2 N–H and O–H groups in total. The van der Waals surface area contributed by atoms with E-state index in [0.717, 1.165) is 4.90 Å². The highest BCUT2D eigenvalue weighted by atomic mass is 16.4. The first kappa shape index (κ1) is 15.3. The van der Waals surface area contributed by atoms with E-state index in [0.29, 0.717) is 32.4 Å². The van der Waals surface area contributed by atoms with Gasteiger partial charge in [-0.1, -0.05) is 6.92 Å². The Kier molecular flexibility index (Phi) is 4.15. The number of carbonyl (C=O) groups excluding carboxylic acids is 3. The lowest BCUT2D eigenvalue weighted by Gasteiger charge is -2.38.